The molecule has 3 aromatic heterocycles. The summed E-state index contributed by atoms with van der Waals surface area (Å²) in [5.41, 5.74) is 9.47. The first kappa shape index (κ1) is 32.0. The number of aromatic nitrogens is 2. The minimum Gasteiger partial charge on any atom is -0.497 e. The quantitative estimate of drug-likeness (QED) is 0.195. The summed E-state index contributed by atoms with van der Waals surface area (Å²) in [7, 11) is -1.56. The molecular weight excluding hydrogens is 641 g/mol. The number of nitrogens with one attached hydrogen (secondary N) is 2. The second-order valence-corrected chi connectivity index (χ2v) is 15.5. The number of ether oxygens (including phenoxy) is 1. The molecule has 1 aliphatic heterocycles. The van der Waals surface area contributed by atoms with E-state index in [1.807, 2.05) is 57.2 Å². The van der Waals surface area contributed by atoms with E-state index >= 15 is 0 Å². The second kappa shape index (κ2) is 12.3. The van der Waals surface area contributed by atoms with E-state index in [0.29, 0.717) is 44.4 Å². The number of hydrogen-bond acceptors (Lipinski definition) is 10. The summed E-state index contributed by atoms with van der Waals surface area (Å²) in [6.07, 6.45) is 1.35. The molecule has 2 aromatic carbocycles. The van der Waals surface area contributed by atoms with Crippen LogP contribution in [0.1, 0.15) is 36.0 Å². The predicted molar refractivity (Wildman–Crippen MR) is 184 cm³/mol. The molecule has 3 amide bonds. The molecule has 1 aliphatic rings. The molecule has 0 radical (unpaired) electrons. The molecule has 0 atom stereocenters. The topological polar surface area (TPSA) is 170 Å². The molecular formula is C33H34N6O6S2. The average Bonchev–Trinajstić information content (AvgIpc) is 3.64. The summed E-state index contributed by atoms with van der Waals surface area (Å²) >= 11 is 1.32. The Hall–Kier alpha value is -4.95. The number of carbonyl (C=O) groups excluding carboxylic acids is 2. The fourth-order valence-electron chi connectivity index (χ4n) is 5.26. The van der Waals surface area contributed by atoms with Crippen LogP contribution in [0.2, 0.25) is 0 Å². The van der Waals surface area contributed by atoms with E-state index in [1.165, 1.54) is 22.6 Å². The van der Waals surface area contributed by atoms with Crippen LogP contribution in [0.5, 0.6) is 5.75 Å². The number of nitrogens with two attached hydrogens (primary N) is 1. The van der Waals surface area contributed by atoms with Crippen LogP contribution in [0.15, 0.2) is 65.3 Å². The van der Waals surface area contributed by atoms with E-state index in [1.54, 1.807) is 25.3 Å². The lowest BCUT2D eigenvalue weighted by Gasteiger charge is -2.26. The van der Waals surface area contributed by atoms with E-state index < -0.39 is 15.9 Å². The van der Waals surface area contributed by atoms with Crippen molar-refractivity contribution in [2.24, 2.45) is 0 Å². The monoisotopic (exact) mass is 674 g/mol. The molecule has 47 heavy (non-hydrogen) atoms. The number of methoxy groups -OCH3 is 1. The van der Waals surface area contributed by atoms with Crippen LogP contribution in [-0.4, -0.2) is 66.9 Å². The molecule has 12 nitrogen and oxygen atoms in total. The summed E-state index contributed by atoms with van der Waals surface area (Å²) in [6.45, 7) is 6.30. The van der Waals surface area contributed by atoms with Gasteiger partial charge in [0.25, 0.3) is 5.91 Å². The molecule has 5 aromatic rings. The standard InChI is InChI=1S/C33H34N6O6S2/c1-33(2,3)24-17-23(31(40)39-13-15-47(42,43)16-14-39)30(46-24)38-32(41)37-21-9-5-19(6-10-21)25-26-28(34)35-18-36-29(26)45-27(25)20-7-11-22(44-4)12-8-20/h5-12,17-18H,13-16H2,1-4H3,(H2,34,35,36)(H2,37,38,41). The van der Waals surface area contributed by atoms with Crippen LogP contribution >= 0.6 is 11.3 Å². The average molecular weight is 675 g/mol. The van der Waals surface area contributed by atoms with Gasteiger partial charge in [-0.15, -0.1) is 11.3 Å². The van der Waals surface area contributed by atoms with Gasteiger partial charge in [0.05, 0.1) is 29.6 Å². The van der Waals surface area contributed by atoms with Gasteiger partial charge in [0.2, 0.25) is 5.71 Å². The molecule has 14 heteroatoms. The number of hydrogen-bond donors (Lipinski definition) is 3. The molecule has 0 unspecified atom stereocenters. The van der Waals surface area contributed by atoms with E-state index in [-0.39, 0.29) is 41.7 Å². The van der Waals surface area contributed by atoms with Crippen molar-refractivity contribution in [1.29, 1.82) is 0 Å². The van der Waals surface area contributed by atoms with Gasteiger partial charge >= 0.3 is 6.03 Å². The lowest BCUT2D eigenvalue weighted by molar-refractivity contribution is 0.0771. The van der Waals surface area contributed by atoms with Gasteiger partial charge in [0, 0.05) is 34.8 Å². The van der Waals surface area contributed by atoms with Crippen LogP contribution in [0.3, 0.4) is 0 Å². The minimum atomic E-state index is -3.16. The number of nitrogens with zero attached hydrogens (tertiary/aromatic N) is 3. The Labute approximate surface area is 275 Å². The third-order valence-electron chi connectivity index (χ3n) is 7.86. The molecule has 6 rings (SSSR count). The number of furan rings is 1. The number of benzene rings is 2. The van der Waals surface area contributed by atoms with Crippen molar-refractivity contribution in [2.45, 2.75) is 26.2 Å². The zero-order valence-corrected chi connectivity index (χ0v) is 27.9. The van der Waals surface area contributed by atoms with Crippen molar-refractivity contribution >= 4 is 60.7 Å². The smallest absolute Gasteiger partial charge is 0.324 e. The molecule has 0 spiro atoms. The number of rotatable bonds is 6. The van der Waals surface area contributed by atoms with Crippen LogP contribution in [0, 0.1) is 0 Å². The van der Waals surface area contributed by atoms with Gasteiger partial charge in [-0.25, -0.2) is 23.2 Å². The summed E-state index contributed by atoms with van der Waals surface area (Å²) in [5, 5.41) is 6.66. The van der Waals surface area contributed by atoms with E-state index in [4.69, 9.17) is 14.9 Å². The van der Waals surface area contributed by atoms with Crippen LogP contribution in [0.4, 0.5) is 21.3 Å². The first-order valence-electron chi connectivity index (χ1n) is 14.8. The van der Waals surface area contributed by atoms with Gasteiger partial charge < -0.3 is 25.1 Å². The normalized spacial score (nSPS) is 14.6. The van der Waals surface area contributed by atoms with E-state index in [0.717, 1.165) is 16.0 Å². The van der Waals surface area contributed by atoms with Gasteiger partial charge in [0.15, 0.2) is 9.84 Å². The van der Waals surface area contributed by atoms with Crippen molar-refractivity contribution in [1.82, 2.24) is 14.9 Å². The summed E-state index contributed by atoms with van der Waals surface area (Å²) in [4.78, 5) is 37.6. The molecule has 4 heterocycles. The van der Waals surface area contributed by atoms with Crippen LogP contribution in [-0.2, 0) is 15.3 Å². The first-order valence-corrected chi connectivity index (χ1v) is 17.5. The number of amides is 3. The molecule has 0 bridgehead atoms. The highest BCUT2D eigenvalue weighted by atomic mass is 32.2. The van der Waals surface area contributed by atoms with E-state index in [9.17, 15) is 18.0 Å². The number of urea groups is 1. The Bertz CT molecular complexity index is 2070. The minimum absolute atomic E-state index is 0.0793. The van der Waals surface area contributed by atoms with Gasteiger partial charge in [-0.2, -0.15) is 0 Å². The number of nitrogen functional groups attached to an aromatic ring is 1. The lowest BCUT2D eigenvalue weighted by atomic mass is 9.94. The van der Waals surface area contributed by atoms with Crippen LogP contribution in [0.25, 0.3) is 33.6 Å². The van der Waals surface area contributed by atoms with Gasteiger partial charge in [0.1, 0.15) is 28.7 Å². The van der Waals surface area contributed by atoms with Crippen LogP contribution < -0.4 is 21.1 Å². The second-order valence-electron chi connectivity index (χ2n) is 12.2. The van der Waals surface area contributed by atoms with Crippen molar-refractivity contribution in [3.63, 3.8) is 0 Å². The maximum atomic E-state index is 13.5. The number of sulfone groups is 1. The molecule has 244 valence electrons. The van der Waals surface area contributed by atoms with E-state index in [2.05, 4.69) is 20.6 Å². The third kappa shape index (κ3) is 6.65. The van der Waals surface area contributed by atoms with Gasteiger partial charge in [-0.05, 0) is 53.4 Å². The summed E-state index contributed by atoms with van der Waals surface area (Å²) < 4.78 is 35.3. The largest absolute Gasteiger partial charge is 0.497 e. The number of carbonyl (C=O) groups is 2. The van der Waals surface area contributed by atoms with Gasteiger partial charge in [-0.1, -0.05) is 32.9 Å². The first-order chi connectivity index (χ1) is 22.3. The molecule has 1 fully saturated rings. The van der Waals surface area contributed by atoms with Crippen molar-refractivity contribution < 1.29 is 27.2 Å². The highest BCUT2D eigenvalue weighted by Gasteiger charge is 2.30. The maximum absolute atomic E-state index is 13.5. The predicted octanol–water partition coefficient (Wildman–Crippen LogP) is 6.02. The lowest BCUT2D eigenvalue weighted by Crippen LogP contribution is -2.43. The highest BCUT2D eigenvalue weighted by Crippen LogP contribution is 2.42. The highest BCUT2D eigenvalue weighted by molar-refractivity contribution is 7.91. The molecule has 1 saturated heterocycles. The SMILES string of the molecule is COc1ccc(-c2oc3ncnc(N)c3c2-c2ccc(NC(=O)Nc3sc(C(C)(C)C)cc3C(=O)N3CCS(=O)(=O)CC3)cc2)cc1. The third-order valence-corrected chi connectivity index (χ3v) is 10.9. The summed E-state index contributed by atoms with van der Waals surface area (Å²) in [5.74, 6) is 1.07. The number of thiophene rings is 1. The number of anilines is 3. The Kier molecular flexibility index (Phi) is 8.40. The summed E-state index contributed by atoms with van der Waals surface area (Å²) in [6, 6.07) is 15.9. The molecule has 4 N–H and O–H groups in total. The van der Waals surface area contributed by atoms with Crippen molar-refractivity contribution in [2.75, 3.05) is 48.1 Å². The fourth-order valence-corrected chi connectivity index (χ4v) is 7.56. The molecule has 0 saturated carbocycles. The Morgan fingerprint density at radius 1 is 0.979 bits per heavy atom. The van der Waals surface area contributed by atoms with Gasteiger partial charge in [-0.3, -0.25) is 10.1 Å². The fraction of sp³-hybridized carbons (Fsp3) is 0.273. The maximum Gasteiger partial charge on any atom is 0.324 e. The molecule has 0 aliphatic carbocycles. The zero-order valence-electron chi connectivity index (χ0n) is 26.3. The van der Waals surface area contributed by atoms with Crippen molar-refractivity contribution in [3.8, 4) is 28.2 Å². The number of fused-ring (bicyclic) bond motifs is 1. The Morgan fingerprint density at radius 3 is 2.28 bits per heavy atom. The van der Waals surface area contributed by atoms with Crippen molar-refractivity contribution in [3.05, 3.63) is 71.4 Å². The Balaban J connectivity index is 1.25. The zero-order chi connectivity index (χ0) is 33.5. The Morgan fingerprint density at radius 2 is 1.64 bits per heavy atom.